The first-order chi connectivity index (χ1) is 9.36. The fraction of sp³-hybridized carbons (Fsp3) is 0.611. The van der Waals surface area contributed by atoms with Crippen LogP contribution in [0.1, 0.15) is 56.0 Å². The molecule has 1 aromatic carbocycles. The molecule has 0 unspecified atom stereocenters. The van der Waals surface area contributed by atoms with Crippen LogP contribution in [0.4, 0.5) is 0 Å². The van der Waals surface area contributed by atoms with Crippen molar-refractivity contribution in [1.82, 2.24) is 0 Å². The summed E-state index contributed by atoms with van der Waals surface area (Å²) in [4.78, 5) is 12.9. The molecular weight excluding hydrogens is 248 g/mol. The molecule has 110 valence electrons. The van der Waals surface area contributed by atoms with Crippen molar-refractivity contribution in [2.45, 2.75) is 47.0 Å². The van der Waals surface area contributed by atoms with E-state index < -0.39 is 0 Å². The van der Waals surface area contributed by atoms with Crippen molar-refractivity contribution in [2.75, 3.05) is 7.11 Å². The molecule has 0 N–H and O–H groups in total. The van der Waals surface area contributed by atoms with Crippen molar-refractivity contribution >= 4 is 5.78 Å². The van der Waals surface area contributed by atoms with Crippen molar-refractivity contribution in [3.63, 3.8) is 0 Å². The Hall–Kier alpha value is -1.31. The first-order valence-corrected chi connectivity index (χ1v) is 7.55. The molecule has 1 saturated carbocycles. The van der Waals surface area contributed by atoms with Gasteiger partial charge in [-0.3, -0.25) is 4.79 Å². The third-order valence-corrected chi connectivity index (χ3v) is 4.85. The summed E-state index contributed by atoms with van der Waals surface area (Å²) < 4.78 is 5.28. The molecule has 0 amide bonds. The third kappa shape index (κ3) is 2.74. The zero-order valence-electron chi connectivity index (χ0n) is 13.3. The highest BCUT2D eigenvalue weighted by molar-refractivity contribution is 5.98. The molecule has 2 atom stereocenters. The van der Waals surface area contributed by atoms with Crippen molar-refractivity contribution in [3.8, 4) is 5.75 Å². The minimum absolute atomic E-state index is 0.0998. The molecule has 0 spiro atoms. The molecule has 0 heterocycles. The fourth-order valence-corrected chi connectivity index (χ4v) is 3.80. The van der Waals surface area contributed by atoms with Crippen molar-refractivity contribution in [2.24, 2.45) is 17.3 Å². The standard InChI is InChI=1S/C18H26O2/c1-12-7-6-10-18(3,4)16(12)17(19)14-8-9-15(20-5)13(2)11-14/h8-9,11-12,16H,6-7,10H2,1-5H3/t12-,16+/m0/s1. The van der Waals surface area contributed by atoms with Crippen LogP contribution in [0.15, 0.2) is 18.2 Å². The van der Waals surface area contributed by atoms with Crippen LogP contribution in [-0.4, -0.2) is 12.9 Å². The second-order valence-corrected chi connectivity index (χ2v) is 6.88. The van der Waals surface area contributed by atoms with Gasteiger partial charge in [-0.1, -0.05) is 27.2 Å². The number of Topliss-reactive ketones (excluding diaryl/α,β-unsaturated/α-hetero) is 1. The van der Waals surface area contributed by atoms with E-state index in [0.29, 0.717) is 11.7 Å². The fourth-order valence-electron chi connectivity index (χ4n) is 3.80. The van der Waals surface area contributed by atoms with Crippen LogP contribution in [0.5, 0.6) is 5.75 Å². The number of hydrogen-bond acceptors (Lipinski definition) is 2. The first kappa shape index (κ1) is 15.1. The SMILES string of the molecule is COc1ccc(C(=O)[C@H]2[C@@H](C)CCCC2(C)C)cc1C. The summed E-state index contributed by atoms with van der Waals surface area (Å²) in [5.41, 5.74) is 1.96. The number of ether oxygens (including phenoxy) is 1. The molecule has 1 aromatic rings. The van der Waals surface area contributed by atoms with Crippen LogP contribution >= 0.6 is 0 Å². The van der Waals surface area contributed by atoms with Crippen LogP contribution in [0, 0.1) is 24.2 Å². The number of ketones is 1. The maximum Gasteiger partial charge on any atom is 0.166 e. The van der Waals surface area contributed by atoms with Gasteiger partial charge in [0, 0.05) is 11.5 Å². The Morgan fingerprint density at radius 3 is 2.60 bits per heavy atom. The minimum Gasteiger partial charge on any atom is -0.496 e. The van der Waals surface area contributed by atoms with E-state index in [9.17, 15) is 4.79 Å². The summed E-state index contributed by atoms with van der Waals surface area (Å²) in [6, 6.07) is 5.78. The monoisotopic (exact) mass is 274 g/mol. The lowest BCUT2D eigenvalue weighted by Gasteiger charge is -2.42. The van der Waals surface area contributed by atoms with E-state index in [2.05, 4.69) is 20.8 Å². The van der Waals surface area contributed by atoms with Gasteiger partial charge >= 0.3 is 0 Å². The number of benzene rings is 1. The van der Waals surface area contributed by atoms with E-state index >= 15 is 0 Å². The zero-order valence-corrected chi connectivity index (χ0v) is 13.3. The Balaban J connectivity index is 2.32. The van der Waals surface area contributed by atoms with Crippen LogP contribution in [0.2, 0.25) is 0 Å². The number of carbonyl (C=O) groups excluding carboxylic acids is 1. The average Bonchev–Trinajstić information content (AvgIpc) is 2.37. The van der Waals surface area contributed by atoms with Gasteiger partial charge in [0.2, 0.25) is 0 Å². The topological polar surface area (TPSA) is 26.3 Å². The lowest BCUT2D eigenvalue weighted by Crippen LogP contribution is -2.39. The zero-order chi connectivity index (χ0) is 14.9. The van der Waals surface area contributed by atoms with Gasteiger partial charge in [-0.25, -0.2) is 0 Å². The van der Waals surface area contributed by atoms with Crippen molar-refractivity contribution in [1.29, 1.82) is 0 Å². The summed E-state index contributed by atoms with van der Waals surface area (Å²) in [5.74, 6) is 1.74. The molecule has 0 saturated heterocycles. The molecule has 0 aliphatic heterocycles. The number of rotatable bonds is 3. The molecule has 1 aliphatic carbocycles. The van der Waals surface area contributed by atoms with E-state index in [-0.39, 0.29) is 11.3 Å². The Bertz CT molecular complexity index is 502. The van der Waals surface area contributed by atoms with E-state index in [1.54, 1.807) is 7.11 Å². The number of carbonyl (C=O) groups is 1. The van der Waals surface area contributed by atoms with Crippen molar-refractivity contribution < 1.29 is 9.53 Å². The maximum absolute atomic E-state index is 12.9. The molecular formula is C18H26O2. The smallest absolute Gasteiger partial charge is 0.166 e. The number of methoxy groups -OCH3 is 1. The molecule has 2 nitrogen and oxygen atoms in total. The lowest BCUT2D eigenvalue weighted by molar-refractivity contribution is 0.0539. The first-order valence-electron chi connectivity index (χ1n) is 7.55. The molecule has 0 aromatic heterocycles. The molecule has 20 heavy (non-hydrogen) atoms. The van der Waals surface area contributed by atoms with Crippen LogP contribution in [0.25, 0.3) is 0 Å². The van der Waals surface area contributed by atoms with Gasteiger partial charge in [-0.05, 0) is 54.9 Å². The lowest BCUT2D eigenvalue weighted by atomic mass is 9.62. The second kappa shape index (κ2) is 5.59. The third-order valence-electron chi connectivity index (χ3n) is 4.85. The largest absolute Gasteiger partial charge is 0.496 e. The molecule has 0 bridgehead atoms. The molecule has 2 rings (SSSR count). The van der Waals surface area contributed by atoms with Crippen molar-refractivity contribution in [3.05, 3.63) is 29.3 Å². The van der Waals surface area contributed by atoms with E-state index in [1.807, 2.05) is 25.1 Å². The summed E-state index contributed by atoms with van der Waals surface area (Å²) in [6.45, 7) is 8.69. The van der Waals surface area contributed by atoms with Crippen LogP contribution in [0.3, 0.4) is 0 Å². The number of aryl methyl sites for hydroxylation is 1. The minimum atomic E-state index is 0.0998. The predicted molar refractivity (Wildman–Crippen MR) is 82.3 cm³/mol. The van der Waals surface area contributed by atoms with Gasteiger partial charge in [-0.2, -0.15) is 0 Å². The van der Waals surface area contributed by atoms with Gasteiger partial charge in [0.15, 0.2) is 5.78 Å². The van der Waals surface area contributed by atoms with Crippen LogP contribution < -0.4 is 4.74 Å². The highest BCUT2D eigenvalue weighted by Gasteiger charge is 2.41. The molecule has 2 heteroatoms. The van der Waals surface area contributed by atoms with Gasteiger partial charge in [0.25, 0.3) is 0 Å². The summed E-state index contributed by atoms with van der Waals surface area (Å²) in [7, 11) is 1.66. The van der Waals surface area contributed by atoms with Crippen LogP contribution in [-0.2, 0) is 0 Å². The summed E-state index contributed by atoms with van der Waals surface area (Å²) >= 11 is 0. The van der Waals surface area contributed by atoms with Gasteiger partial charge in [-0.15, -0.1) is 0 Å². The Labute approximate surface area is 122 Å². The maximum atomic E-state index is 12.9. The summed E-state index contributed by atoms with van der Waals surface area (Å²) in [6.07, 6.45) is 3.54. The Morgan fingerprint density at radius 1 is 1.35 bits per heavy atom. The number of hydrogen-bond donors (Lipinski definition) is 0. The normalized spacial score (nSPS) is 25.2. The Morgan fingerprint density at radius 2 is 2.05 bits per heavy atom. The van der Waals surface area contributed by atoms with Gasteiger partial charge in [0.1, 0.15) is 5.75 Å². The van der Waals surface area contributed by atoms with Gasteiger partial charge in [0.05, 0.1) is 7.11 Å². The summed E-state index contributed by atoms with van der Waals surface area (Å²) in [5, 5.41) is 0. The molecule has 1 aliphatic rings. The highest BCUT2D eigenvalue weighted by Crippen LogP contribution is 2.45. The highest BCUT2D eigenvalue weighted by atomic mass is 16.5. The average molecular weight is 274 g/mol. The van der Waals surface area contributed by atoms with E-state index in [1.165, 1.54) is 6.42 Å². The van der Waals surface area contributed by atoms with E-state index in [4.69, 9.17) is 4.74 Å². The molecule has 0 radical (unpaired) electrons. The quantitative estimate of drug-likeness (QED) is 0.750. The Kier molecular flexibility index (Phi) is 4.22. The predicted octanol–water partition coefficient (Wildman–Crippen LogP) is 4.65. The second-order valence-electron chi connectivity index (χ2n) is 6.88. The van der Waals surface area contributed by atoms with E-state index in [0.717, 1.165) is 29.7 Å². The van der Waals surface area contributed by atoms with Gasteiger partial charge < -0.3 is 4.74 Å². The molecule has 1 fully saturated rings.